The highest BCUT2D eigenvalue weighted by atomic mass is 19.1. The Morgan fingerprint density at radius 1 is 1.35 bits per heavy atom. The number of fused-ring (bicyclic) bond motifs is 1. The summed E-state index contributed by atoms with van der Waals surface area (Å²) in [5.74, 6) is -1.37. The highest BCUT2D eigenvalue weighted by Crippen LogP contribution is 2.30. The van der Waals surface area contributed by atoms with Crippen LogP contribution in [-0.2, 0) is 0 Å². The second-order valence-corrected chi connectivity index (χ2v) is 5.65. The number of H-pyrrole nitrogens is 1. The van der Waals surface area contributed by atoms with Gasteiger partial charge < -0.3 is 21.8 Å². The molecule has 0 fully saturated rings. The standard InChI is InChI=1S/C17H17FN6O2/c1-2-6-21-15(25)11-12(19)8-4-3-5-9(13(8)23-16(11)26)14-10(18)7-22-17(20)24-14/h3-5,7H,2,6H2,1H3,(H,21,25)(H3,19,23,26)(H2,20,22,24). The normalized spacial score (nSPS) is 10.8. The van der Waals surface area contributed by atoms with Gasteiger partial charge in [0.05, 0.1) is 17.4 Å². The van der Waals surface area contributed by atoms with Crippen molar-refractivity contribution in [2.45, 2.75) is 13.3 Å². The minimum absolute atomic E-state index is 0.0154. The number of rotatable bonds is 4. The molecular formula is C17H17FN6O2. The molecule has 0 aliphatic carbocycles. The van der Waals surface area contributed by atoms with Crippen molar-refractivity contribution in [1.29, 1.82) is 0 Å². The van der Waals surface area contributed by atoms with Gasteiger partial charge in [-0.05, 0) is 6.42 Å². The summed E-state index contributed by atoms with van der Waals surface area (Å²) in [4.78, 5) is 34.8. The second-order valence-electron chi connectivity index (χ2n) is 5.65. The molecule has 0 aliphatic heterocycles. The molecule has 9 heteroatoms. The van der Waals surface area contributed by atoms with Crippen LogP contribution in [0, 0.1) is 5.82 Å². The van der Waals surface area contributed by atoms with Crippen molar-refractivity contribution in [1.82, 2.24) is 20.3 Å². The lowest BCUT2D eigenvalue weighted by Crippen LogP contribution is -2.31. The van der Waals surface area contributed by atoms with Gasteiger partial charge in [-0.1, -0.05) is 25.1 Å². The average molecular weight is 356 g/mol. The number of aromatic amines is 1. The van der Waals surface area contributed by atoms with Crippen molar-refractivity contribution >= 4 is 28.4 Å². The maximum Gasteiger partial charge on any atom is 0.263 e. The zero-order valence-corrected chi connectivity index (χ0v) is 14.0. The highest BCUT2D eigenvalue weighted by Gasteiger charge is 2.20. The number of aromatic nitrogens is 3. The Balaban J connectivity index is 2.26. The van der Waals surface area contributed by atoms with Gasteiger partial charge in [-0.25, -0.2) is 14.4 Å². The molecule has 0 saturated heterocycles. The molecule has 3 aromatic rings. The number of amides is 1. The molecule has 0 radical (unpaired) electrons. The molecule has 0 aliphatic rings. The van der Waals surface area contributed by atoms with Crippen LogP contribution in [0.4, 0.5) is 16.0 Å². The molecule has 8 nitrogen and oxygen atoms in total. The number of benzene rings is 1. The lowest BCUT2D eigenvalue weighted by molar-refractivity contribution is 0.0953. The zero-order chi connectivity index (χ0) is 18.8. The number of nitrogens with zero attached hydrogens (tertiary/aromatic N) is 2. The van der Waals surface area contributed by atoms with Crippen LogP contribution >= 0.6 is 0 Å². The van der Waals surface area contributed by atoms with Crippen molar-refractivity contribution in [3.63, 3.8) is 0 Å². The fourth-order valence-corrected chi connectivity index (χ4v) is 2.66. The molecule has 2 heterocycles. The second kappa shape index (κ2) is 6.79. The number of hydrogen-bond donors (Lipinski definition) is 4. The Hall–Kier alpha value is -3.49. The molecule has 0 unspecified atom stereocenters. The first-order valence-electron chi connectivity index (χ1n) is 7.95. The van der Waals surface area contributed by atoms with Crippen LogP contribution in [0.5, 0.6) is 0 Å². The van der Waals surface area contributed by atoms with E-state index in [9.17, 15) is 14.0 Å². The Morgan fingerprint density at radius 3 is 2.85 bits per heavy atom. The van der Waals surface area contributed by atoms with E-state index in [1.54, 1.807) is 18.2 Å². The zero-order valence-electron chi connectivity index (χ0n) is 14.0. The third kappa shape index (κ3) is 2.94. The quantitative estimate of drug-likeness (QED) is 0.557. The van der Waals surface area contributed by atoms with Crippen LogP contribution in [0.1, 0.15) is 23.7 Å². The van der Waals surface area contributed by atoms with E-state index in [1.807, 2.05) is 6.92 Å². The van der Waals surface area contributed by atoms with E-state index in [0.717, 1.165) is 12.6 Å². The van der Waals surface area contributed by atoms with Crippen LogP contribution in [0.25, 0.3) is 22.2 Å². The molecule has 0 saturated carbocycles. The molecule has 6 N–H and O–H groups in total. The van der Waals surface area contributed by atoms with Gasteiger partial charge in [0.1, 0.15) is 11.3 Å². The molecule has 0 spiro atoms. The summed E-state index contributed by atoms with van der Waals surface area (Å²) in [5.41, 5.74) is 11.3. The Kier molecular flexibility index (Phi) is 4.53. The number of carbonyl (C=O) groups is 1. The fourth-order valence-electron chi connectivity index (χ4n) is 2.66. The van der Waals surface area contributed by atoms with E-state index in [2.05, 4.69) is 20.3 Å². The van der Waals surface area contributed by atoms with E-state index in [1.165, 1.54) is 0 Å². The lowest BCUT2D eigenvalue weighted by Gasteiger charge is -2.12. The third-order valence-electron chi connectivity index (χ3n) is 3.87. The number of nitrogens with one attached hydrogen (secondary N) is 2. The van der Waals surface area contributed by atoms with Gasteiger partial charge >= 0.3 is 0 Å². The molecule has 134 valence electrons. The predicted octanol–water partition coefficient (Wildman–Crippen LogP) is 1.43. The van der Waals surface area contributed by atoms with Crippen LogP contribution in [-0.4, -0.2) is 27.4 Å². The average Bonchev–Trinajstić information content (AvgIpc) is 2.61. The number of anilines is 2. The van der Waals surface area contributed by atoms with Gasteiger partial charge in [-0.2, -0.15) is 0 Å². The molecule has 26 heavy (non-hydrogen) atoms. The van der Waals surface area contributed by atoms with Gasteiger partial charge in [-0.3, -0.25) is 9.59 Å². The van der Waals surface area contributed by atoms with Crippen molar-refractivity contribution in [2.24, 2.45) is 0 Å². The van der Waals surface area contributed by atoms with E-state index < -0.39 is 17.3 Å². The minimum Gasteiger partial charge on any atom is -0.397 e. The largest absolute Gasteiger partial charge is 0.397 e. The topological polar surface area (TPSA) is 140 Å². The van der Waals surface area contributed by atoms with Gasteiger partial charge in [0, 0.05) is 17.5 Å². The van der Waals surface area contributed by atoms with Crippen molar-refractivity contribution < 1.29 is 9.18 Å². The predicted molar refractivity (Wildman–Crippen MR) is 97.0 cm³/mol. The van der Waals surface area contributed by atoms with E-state index in [-0.39, 0.29) is 28.4 Å². The Bertz CT molecular complexity index is 1060. The van der Waals surface area contributed by atoms with Crippen LogP contribution in [0.15, 0.2) is 29.2 Å². The summed E-state index contributed by atoms with van der Waals surface area (Å²) in [6.45, 7) is 2.31. The van der Waals surface area contributed by atoms with Gasteiger partial charge in [0.2, 0.25) is 5.95 Å². The number of hydrogen-bond acceptors (Lipinski definition) is 6. The van der Waals surface area contributed by atoms with Crippen molar-refractivity contribution in [3.8, 4) is 11.3 Å². The molecule has 0 bridgehead atoms. The molecule has 3 rings (SSSR count). The van der Waals surface area contributed by atoms with Gasteiger partial charge in [0.15, 0.2) is 5.82 Å². The Morgan fingerprint density at radius 2 is 2.12 bits per heavy atom. The van der Waals surface area contributed by atoms with Crippen LogP contribution in [0.2, 0.25) is 0 Å². The number of pyridine rings is 1. The maximum absolute atomic E-state index is 14.2. The smallest absolute Gasteiger partial charge is 0.263 e. The van der Waals surface area contributed by atoms with Gasteiger partial charge in [0.25, 0.3) is 11.5 Å². The molecule has 1 amide bonds. The molecule has 0 atom stereocenters. The lowest BCUT2D eigenvalue weighted by atomic mass is 10.0. The molecule has 2 aromatic heterocycles. The third-order valence-corrected chi connectivity index (χ3v) is 3.87. The monoisotopic (exact) mass is 356 g/mol. The number of nitrogens with two attached hydrogens (primary N) is 2. The summed E-state index contributed by atoms with van der Waals surface area (Å²) in [6.07, 6.45) is 1.67. The van der Waals surface area contributed by atoms with E-state index in [4.69, 9.17) is 11.5 Å². The summed E-state index contributed by atoms with van der Waals surface area (Å²) in [5, 5.41) is 3.02. The summed E-state index contributed by atoms with van der Waals surface area (Å²) < 4.78 is 14.2. The maximum atomic E-state index is 14.2. The summed E-state index contributed by atoms with van der Waals surface area (Å²) in [6, 6.07) is 4.82. The van der Waals surface area contributed by atoms with Crippen molar-refractivity contribution in [3.05, 3.63) is 46.1 Å². The first-order chi connectivity index (χ1) is 12.4. The Labute approximate surface area is 147 Å². The SMILES string of the molecule is CCCNC(=O)c1c(N)c2cccc(-c3nc(N)ncc3F)c2[nH]c1=O. The van der Waals surface area contributed by atoms with E-state index >= 15 is 0 Å². The highest BCUT2D eigenvalue weighted by molar-refractivity contribution is 6.08. The summed E-state index contributed by atoms with van der Waals surface area (Å²) in [7, 11) is 0. The molecule has 1 aromatic carbocycles. The van der Waals surface area contributed by atoms with Crippen LogP contribution in [0.3, 0.4) is 0 Å². The molecular weight excluding hydrogens is 339 g/mol. The van der Waals surface area contributed by atoms with Gasteiger partial charge in [-0.15, -0.1) is 0 Å². The number of para-hydroxylation sites is 1. The minimum atomic E-state index is -0.698. The van der Waals surface area contributed by atoms with E-state index in [0.29, 0.717) is 17.5 Å². The summed E-state index contributed by atoms with van der Waals surface area (Å²) >= 11 is 0. The van der Waals surface area contributed by atoms with Crippen LogP contribution < -0.4 is 22.3 Å². The first-order valence-corrected chi connectivity index (χ1v) is 7.95. The fraction of sp³-hybridized carbons (Fsp3) is 0.176. The van der Waals surface area contributed by atoms with Crippen molar-refractivity contribution in [2.75, 3.05) is 18.0 Å². The number of halogens is 1. The number of nitrogen functional groups attached to an aromatic ring is 2. The number of carbonyl (C=O) groups excluding carboxylic acids is 1. The first kappa shape index (κ1) is 17.3.